The van der Waals surface area contributed by atoms with E-state index in [2.05, 4.69) is 13.8 Å². The molecule has 2 heteroatoms. The van der Waals surface area contributed by atoms with E-state index in [0.29, 0.717) is 11.7 Å². The predicted molar refractivity (Wildman–Crippen MR) is 82.7 cm³/mol. The van der Waals surface area contributed by atoms with Crippen molar-refractivity contribution in [2.24, 2.45) is 28.6 Å². The molecule has 0 aromatic carbocycles. The maximum atomic E-state index is 11.8. The van der Waals surface area contributed by atoms with Gasteiger partial charge in [-0.05, 0) is 79.6 Å². The molecule has 0 unspecified atom stereocenters. The van der Waals surface area contributed by atoms with Crippen molar-refractivity contribution in [1.29, 1.82) is 0 Å². The summed E-state index contributed by atoms with van der Waals surface area (Å²) in [6.45, 7) is 4.76. The topological polar surface area (TPSA) is 37.3 Å². The molecule has 3 saturated carbocycles. The molecule has 0 aromatic rings. The lowest BCUT2D eigenvalue weighted by Crippen LogP contribution is -2.51. The van der Waals surface area contributed by atoms with Crippen LogP contribution in [-0.2, 0) is 4.79 Å². The Kier molecular flexibility index (Phi) is 2.96. The van der Waals surface area contributed by atoms with Crippen molar-refractivity contribution in [3.63, 3.8) is 0 Å². The van der Waals surface area contributed by atoms with Gasteiger partial charge < -0.3 is 5.11 Å². The summed E-state index contributed by atoms with van der Waals surface area (Å²) in [7, 11) is 0. The monoisotopic (exact) mass is 288 g/mol. The van der Waals surface area contributed by atoms with Crippen LogP contribution in [0.15, 0.2) is 11.6 Å². The van der Waals surface area contributed by atoms with E-state index in [9.17, 15) is 9.90 Å². The lowest BCUT2D eigenvalue weighted by atomic mass is 9.47. The van der Waals surface area contributed by atoms with Gasteiger partial charge in [-0.1, -0.05) is 19.4 Å². The maximum Gasteiger partial charge on any atom is 0.155 e. The first-order chi connectivity index (χ1) is 9.95. The van der Waals surface area contributed by atoms with Crippen LogP contribution in [0, 0.1) is 28.6 Å². The van der Waals surface area contributed by atoms with Gasteiger partial charge in [-0.3, -0.25) is 4.79 Å². The SMILES string of the molecule is C[C@]12CC[C@H]3[C@H](CCC4=CC(=O)CC[C@@]43C)[C@@H]1CC[C@@H]2O. The number of ketones is 1. The lowest BCUT2D eigenvalue weighted by molar-refractivity contribution is -0.118. The van der Waals surface area contributed by atoms with Gasteiger partial charge >= 0.3 is 0 Å². The van der Waals surface area contributed by atoms with Crippen molar-refractivity contribution in [3.8, 4) is 0 Å². The number of rotatable bonds is 0. The van der Waals surface area contributed by atoms with Crippen LogP contribution in [-0.4, -0.2) is 17.0 Å². The fourth-order valence-corrected chi connectivity index (χ4v) is 6.53. The summed E-state index contributed by atoms with van der Waals surface area (Å²) in [5, 5.41) is 10.4. The van der Waals surface area contributed by atoms with E-state index in [1.807, 2.05) is 6.08 Å². The van der Waals surface area contributed by atoms with E-state index >= 15 is 0 Å². The maximum absolute atomic E-state index is 11.8. The third kappa shape index (κ3) is 1.78. The van der Waals surface area contributed by atoms with Crippen LogP contribution in [0.1, 0.15) is 65.2 Å². The van der Waals surface area contributed by atoms with Crippen molar-refractivity contribution in [1.82, 2.24) is 0 Å². The van der Waals surface area contributed by atoms with Crippen LogP contribution in [0.5, 0.6) is 0 Å². The molecule has 0 saturated heterocycles. The van der Waals surface area contributed by atoms with E-state index in [0.717, 1.165) is 37.5 Å². The number of allylic oxidation sites excluding steroid dienone is 1. The van der Waals surface area contributed by atoms with Crippen LogP contribution < -0.4 is 0 Å². The highest BCUT2D eigenvalue weighted by Gasteiger charge is 2.58. The molecule has 4 aliphatic rings. The van der Waals surface area contributed by atoms with Gasteiger partial charge in [0, 0.05) is 6.42 Å². The summed E-state index contributed by atoms with van der Waals surface area (Å²) >= 11 is 0. The molecule has 21 heavy (non-hydrogen) atoms. The van der Waals surface area contributed by atoms with Gasteiger partial charge in [0.2, 0.25) is 0 Å². The summed E-state index contributed by atoms with van der Waals surface area (Å²) in [5.74, 6) is 2.57. The van der Waals surface area contributed by atoms with Gasteiger partial charge in [-0.25, -0.2) is 0 Å². The number of hydrogen-bond donors (Lipinski definition) is 1. The van der Waals surface area contributed by atoms with Crippen LogP contribution >= 0.6 is 0 Å². The van der Waals surface area contributed by atoms with E-state index in [1.54, 1.807) is 0 Å². The number of aliphatic hydroxyl groups excluding tert-OH is 1. The highest BCUT2D eigenvalue weighted by molar-refractivity contribution is 5.91. The predicted octanol–water partition coefficient (Wildman–Crippen LogP) is 3.88. The third-order valence-electron chi connectivity index (χ3n) is 7.91. The first-order valence-corrected chi connectivity index (χ1v) is 8.87. The molecule has 1 N–H and O–H groups in total. The van der Waals surface area contributed by atoms with Crippen LogP contribution in [0.3, 0.4) is 0 Å². The van der Waals surface area contributed by atoms with Crippen LogP contribution in [0.2, 0.25) is 0 Å². The molecule has 4 aliphatic carbocycles. The molecule has 6 atom stereocenters. The van der Waals surface area contributed by atoms with Crippen molar-refractivity contribution >= 4 is 5.78 Å². The van der Waals surface area contributed by atoms with Gasteiger partial charge in [-0.15, -0.1) is 0 Å². The van der Waals surface area contributed by atoms with Gasteiger partial charge in [0.25, 0.3) is 0 Å². The van der Waals surface area contributed by atoms with Crippen LogP contribution in [0.4, 0.5) is 0 Å². The summed E-state index contributed by atoms with van der Waals surface area (Å²) in [4.78, 5) is 11.8. The number of hydrogen-bond acceptors (Lipinski definition) is 2. The van der Waals surface area contributed by atoms with Crippen molar-refractivity contribution in [3.05, 3.63) is 11.6 Å². The van der Waals surface area contributed by atoms with Gasteiger partial charge in [0.15, 0.2) is 5.78 Å². The smallest absolute Gasteiger partial charge is 0.155 e. The minimum atomic E-state index is -0.0823. The molecule has 0 radical (unpaired) electrons. The molecule has 0 amide bonds. The Hall–Kier alpha value is -0.630. The van der Waals surface area contributed by atoms with Gasteiger partial charge in [0.1, 0.15) is 0 Å². The average molecular weight is 288 g/mol. The second-order valence-electron chi connectivity index (χ2n) is 8.61. The molecule has 0 spiro atoms. The molecule has 0 bridgehead atoms. The summed E-state index contributed by atoms with van der Waals surface area (Å²) in [6, 6.07) is 0. The van der Waals surface area contributed by atoms with Gasteiger partial charge in [0.05, 0.1) is 6.10 Å². The zero-order valence-corrected chi connectivity index (χ0v) is 13.4. The Labute approximate surface area is 128 Å². The molecular weight excluding hydrogens is 260 g/mol. The fraction of sp³-hybridized carbons (Fsp3) is 0.842. The van der Waals surface area contributed by atoms with Crippen LogP contribution in [0.25, 0.3) is 0 Å². The minimum Gasteiger partial charge on any atom is -0.393 e. The summed E-state index contributed by atoms with van der Waals surface area (Å²) < 4.78 is 0. The molecular formula is C19H28O2. The number of aliphatic hydroxyl groups is 1. The largest absolute Gasteiger partial charge is 0.393 e. The van der Waals surface area contributed by atoms with Crippen molar-refractivity contribution < 1.29 is 9.90 Å². The van der Waals surface area contributed by atoms with Gasteiger partial charge in [-0.2, -0.15) is 0 Å². The summed E-state index contributed by atoms with van der Waals surface area (Å²) in [6.07, 6.45) is 10.7. The van der Waals surface area contributed by atoms with E-state index < -0.39 is 0 Å². The Morgan fingerprint density at radius 3 is 2.67 bits per heavy atom. The first kappa shape index (κ1) is 14.0. The molecule has 0 aromatic heterocycles. The number of carbonyl (C=O) groups is 1. The molecule has 0 aliphatic heterocycles. The molecule has 4 rings (SSSR count). The zero-order valence-electron chi connectivity index (χ0n) is 13.4. The third-order valence-corrected chi connectivity index (χ3v) is 7.91. The van der Waals surface area contributed by atoms with E-state index in [-0.39, 0.29) is 16.9 Å². The normalized spacial score (nSPS) is 52.7. The second kappa shape index (κ2) is 4.44. The average Bonchev–Trinajstić information content (AvgIpc) is 2.76. The van der Waals surface area contributed by atoms with Crippen molar-refractivity contribution in [2.45, 2.75) is 71.3 Å². The number of carbonyl (C=O) groups excluding carboxylic acids is 1. The Morgan fingerprint density at radius 1 is 1.05 bits per heavy atom. The highest BCUT2D eigenvalue weighted by atomic mass is 16.3. The van der Waals surface area contributed by atoms with E-state index in [4.69, 9.17) is 0 Å². The quantitative estimate of drug-likeness (QED) is 0.734. The van der Waals surface area contributed by atoms with Crippen molar-refractivity contribution in [2.75, 3.05) is 0 Å². The Morgan fingerprint density at radius 2 is 1.86 bits per heavy atom. The first-order valence-electron chi connectivity index (χ1n) is 8.87. The Bertz CT molecular complexity index is 508. The zero-order chi connectivity index (χ0) is 14.8. The molecule has 116 valence electrons. The van der Waals surface area contributed by atoms with E-state index in [1.165, 1.54) is 31.3 Å². The highest BCUT2D eigenvalue weighted by Crippen LogP contribution is 2.65. The molecule has 2 nitrogen and oxygen atoms in total. The molecule has 3 fully saturated rings. The molecule has 0 heterocycles. The Balaban J connectivity index is 1.69. The number of fused-ring (bicyclic) bond motifs is 5. The standard InChI is InChI=1S/C19H28O2/c1-18-9-7-13(20)11-12(18)3-4-14-15-5-6-17(21)19(15,2)10-8-16(14)18/h11,14-17,21H,3-10H2,1-2H3/t14-,15+,16+,17+,18+,19+/m1/s1. The second-order valence-corrected chi connectivity index (χ2v) is 8.61. The summed E-state index contributed by atoms with van der Waals surface area (Å²) in [5.41, 5.74) is 1.89. The minimum absolute atomic E-state index is 0.0823. The lowest BCUT2D eigenvalue weighted by Gasteiger charge is -2.57. The fourth-order valence-electron chi connectivity index (χ4n) is 6.53.